The number of fused-ring (bicyclic) bond motifs is 2. The lowest BCUT2D eigenvalue weighted by molar-refractivity contribution is -0.0165. The maximum atomic E-state index is 12.9. The Kier molecular flexibility index (Phi) is 4.34. The highest BCUT2D eigenvalue weighted by Crippen LogP contribution is 2.39. The van der Waals surface area contributed by atoms with Gasteiger partial charge in [-0.15, -0.1) is 0 Å². The van der Waals surface area contributed by atoms with Crippen LogP contribution >= 0.6 is 11.6 Å². The summed E-state index contributed by atoms with van der Waals surface area (Å²) in [5, 5.41) is 0.580. The Hall–Kier alpha value is -2.50. The van der Waals surface area contributed by atoms with Crippen LogP contribution < -0.4 is 14.2 Å². The Balaban J connectivity index is 1.76. The molecular formula is C20H17ClO5. The van der Waals surface area contributed by atoms with Crippen LogP contribution in [0.1, 0.15) is 27.0 Å². The summed E-state index contributed by atoms with van der Waals surface area (Å²) in [5.41, 5.74) is 3.88. The van der Waals surface area contributed by atoms with Crippen LogP contribution in [0.4, 0.5) is 0 Å². The molecule has 1 heterocycles. The third-order valence-electron chi connectivity index (χ3n) is 4.56. The molecule has 0 radical (unpaired) electrons. The molecule has 2 aliphatic rings. The molecule has 134 valence electrons. The second-order valence-corrected chi connectivity index (χ2v) is 6.57. The van der Waals surface area contributed by atoms with Crippen molar-refractivity contribution in [3.8, 4) is 17.2 Å². The molecule has 0 bridgehead atoms. The summed E-state index contributed by atoms with van der Waals surface area (Å²) in [6.07, 6.45) is 2.36. The fourth-order valence-electron chi connectivity index (χ4n) is 3.36. The molecule has 0 fully saturated rings. The van der Waals surface area contributed by atoms with Crippen LogP contribution in [0.25, 0.3) is 6.08 Å². The van der Waals surface area contributed by atoms with Crippen LogP contribution in [0, 0.1) is 0 Å². The predicted molar refractivity (Wildman–Crippen MR) is 97.3 cm³/mol. The quantitative estimate of drug-likeness (QED) is 0.761. The first-order valence-corrected chi connectivity index (χ1v) is 8.51. The average molecular weight is 373 g/mol. The SMILES string of the molecule is COc1cc2c(cc1OC)C(=O)/C(=C\c1cc(Cl)cc3c1OCOC3)C2. The molecule has 0 N–H and O–H groups in total. The van der Waals surface area contributed by atoms with Crippen molar-refractivity contribution in [1.29, 1.82) is 0 Å². The third-order valence-corrected chi connectivity index (χ3v) is 4.78. The molecule has 1 aliphatic carbocycles. The molecule has 0 unspecified atom stereocenters. The van der Waals surface area contributed by atoms with Crippen molar-refractivity contribution in [2.45, 2.75) is 13.0 Å². The molecule has 6 heteroatoms. The minimum absolute atomic E-state index is 0.0262. The molecular weight excluding hydrogens is 356 g/mol. The summed E-state index contributed by atoms with van der Waals surface area (Å²) in [4.78, 5) is 12.9. The number of Topliss-reactive ketones (excluding diaryl/α,β-unsaturated/α-hetero) is 1. The monoisotopic (exact) mass is 372 g/mol. The highest BCUT2D eigenvalue weighted by Gasteiger charge is 2.28. The number of allylic oxidation sites excluding steroid dienone is 1. The number of carbonyl (C=O) groups is 1. The van der Waals surface area contributed by atoms with E-state index in [2.05, 4.69) is 0 Å². The lowest BCUT2D eigenvalue weighted by atomic mass is 10.0. The minimum Gasteiger partial charge on any atom is -0.493 e. The first-order valence-electron chi connectivity index (χ1n) is 8.14. The van der Waals surface area contributed by atoms with Crippen LogP contribution in [0.15, 0.2) is 29.8 Å². The molecule has 0 atom stereocenters. The maximum Gasteiger partial charge on any atom is 0.189 e. The maximum absolute atomic E-state index is 12.9. The number of benzene rings is 2. The van der Waals surface area contributed by atoms with Crippen molar-refractivity contribution in [3.05, 3.63) is 57.1 Å². The van der Waals surface area contributed by atoms with E-state index < -0.39 is 0 Å². The third kappa shape index (κ3) is 2.83. The van der Waals surface area contributed by atoms with Crippen LogP contribution in [0.3, 0.4) is 0 Å². The van der Waals surface area contributed by atoms with Gasteiger partial charge in [-0.25, -0.2) is 0 Å². The fraction of sp³-hybridized carbons (Fsp3) is 0.250. The molecule has 4 rings (SSSR count). The van der Waals surface area contributed by atoms with E-state index in [4.69, 9.17) is 30.5 Å². The Morgan fingerprint density at radius 1 is 1.08 bits per heavy atom. The molecule has 0 saturated carbocycles. The van der Waals surface area contributed by atoms with Crippen molar-refractivity contribution < 1.29 is 23.7 Å². The highest BCUT2D eigenvalue weighted by atomic mass is 35.5. The number of rotatable bonds is 3. The van der Waals surface area contributed by atoms with Gasteiger partial charge in [0, 0.05) is 33.7 Å². The summed E-state index contributed by atoms with van der Waals surface area (Å²) >= 11 is 6.21. The Labute approximate surface area is 156 Å². The van der Waals surface area contributed by atoms with E-state index in [0.29, 0.717) is 46.4 Å². The van der Waals surface area contributed by atoms with Gasteiger partial charge in [0.05, 0.1) is 20.8 Å². The summed E-state index contributed by atoms with van der Waals surface area (Å²) in [5.74, 6) is 1.84. The summed E-state index contributed by atoms with van der Waals surface area (Å²) in [6, 6.07) is 7.20. The van der Waals surface area contributed by atoms with Crippen molar-refractivity contribution in [1.82, 2.24) is 0 Å². The summed E-state index contributed by atoms with van der Waals surface area (Å²) < 4.78 is 21.6. The van der Waals surface area contributed by atoms with Crippen molar-refractivity contribution in [2.75, 3.05) is 21.0 Å². The number of hydrogen-bond acceptors (Lipinski definition) is 5. The van der Waals surface area contributed by atoms with Gasteiger partial charge >= 0.3 is 0 Å². The lowest BCUT2D eigenvalue weighted by Crippen LogP contribution is -2.12. The van der Waals surface area contributed by atoms with Crippen LogP contribution in [0.5, 0.6) is 17.2 Å². The smallest absolute Gasteiger partial charge is 0.189 e. The number of hydrogen-bond donors (Lipinski definition) is 0. The molecule has 0 spiro atoms. The zero-order valence-corrected chi connectivity index (χ0v) is 15.2. The second-order valence-electron chi connectivity index (χ2n) is 6.13. The number of ketones is 1. The van der Waals surface area contributed by atoms with Gasteiger partial charge in [-0.2, -0.15) is 0 Å². The van der Waals surface area contributed by atoms with Gasteiger partial charge < -0.3 is 18.9 Å². The molecule has 2 aromatic rings. The van der Waals surface area contributed by atoms with E-state index >= 15 is 0 Å². The number of ether oxygens (including phenoxy) is 4. The topological polar surface area (TPSA) is 54.0 Å². The van der Waals surface area contributed by atoms with Gasteiger partial charge in [0.2, 0.25) is 0 Å². The van der Waals surface area contributed by atoms with Gasteiger partial charge in [0.25, 0.3) is 0 Å². The number of halogens is 1. The molecule has 5 nitrogen and oxygen atoms in total. The average Bonchev–Trinajstić information content (AvgIpc) is 2.95. The van der Waals surface area contributed by atoms with Gasteiger partial charge in [0.1, 0.15) is 5.75 Å². The Bertz CT molecular complexity index is 932. The molecule has 2 aromatic carbocycles. The van der Waals surface area contributed by atoms with E-state index in [-0.39, 0.29) is 12.6 Å². The lowest BCUT2D eigenvalue weighted by Gasteiger charge is -2.20. The van der Waals surface area contributed by atoms with Crippen molar-refractivity contribution >= 4 is 23.5 Å². The van der Waals surface area contributed by atoms with Crippen molar-refractivity contribution in [2.24, 2.45) is 0 Å². The van der Waals surface area contributed by atoms with Crippen LogP contribution in [-0.4, -0.2) is 26.8 Å². The predicted octanol–water partition coefficient (Wildman–Crippen LogP) is 4.05. The zero-order valence-electron chi connectivity index (χ0n) is 14.4. The Morgan fingerprint density at radius 3 is 2.62 bits per heavy atom. The first kappa shape index (κ1) is 16.9. The van der Waals surface area contributed by atoms with Gasteiger partial charge in [-0.3, -0.25) is 4.79 Å². The van der Waals surface area contributed by atoms with Gasteiger partial charge in [0.15, 0.2) is 24.1 Å². The molecule has 0 amide bonds. The molecule has 26 heavy (non-hydrogen) atoms. The largest absolute Gasteiger partial charge is 0.493 e. The molecule has 0 saturated heterocycles. The molecule has 1 aliphatic heterocycles. The van der Waals surface area contributed by atoms with Crippen LogP contribution in [-0.2, 0) is 17.8 Å². The van der Waals surface area contributed by atoms with Crippen molar-refractivity contribution in [3.63, 3.8) is 0 Å². The summed E-state index contributed by atoms with van der Waals surface area (Å²) in [6.45, 7) is 0.627. The normalized spacial score (nSPS) is 16.9. The van der Waals surface area contributed by atoms with E-state index in [1.807, 2.05) is 18.2 Å². The van der Waals surface area contributed by atoms with E-state index in [1.54, 1.807) is 26.4 Å². The van der Waals surface area contributed by atoms with E-state index in [9.17, 15) is 4.79 Å². The first-order chi connectivity index (χ1) is 12.6. The van der Waals surface area contributed by atoms with E-state index in [1.165, 1.54) is 0 Å². The number of methoxy groups -OCH3 is 2. The standard InChI is InChI=1S/C20H17ClO5/c1-23-17-7-11-3-12(19(22)16(11)8-18(17)24-2)4-13-5-15(21)6-14-9-25-10-26-20(13)14/h4-8H,3,9-10H2,1-2H3/b12-4-. The summed E-state index contributed by atoms with van der Waals surface area (Å²) in [7, 11) is 3.13. The van der Waals surface area contributed by atoms with Crippen LogP contribution in [0.2, 0.25) is 5.02 Å². The van der Waals surface area contributed by atoms with E-state index in [0.717, 1.165) is 16.7 Å². The van der Waals surface area contributed by atoms with Gasteiger partial charge in [-0.05, 0) is 35.9 Å². The van der Waals surface area contributed by atoms with Gasteiger partial charge in [-0.1, -0.05) is 11.6 Å². The highest BCUT2D eigenvalue weighted by molar-refractivity contribution is 6.31. The minimum atomic E-state index is -0.0262. The number of carbonyl (C=O) groups excluding carboxylic acids is 1. The molecule has 0 aromatic heterocycles. The zero-order chi connectivity index (χ0) is 18.3. The fourth-order valence-corrected chi connectivity index (χ4v) is 3.61. The second kappa shape index (κ2) is 6.67. The Morgan fingerprint density at radius 2 is 1.85 bits per heavy atom.